The molecule has 1 aliphatic rings. The van der Waals surface area contributed by atoms with Gasteiger partial charge in [0.2, 0.25) is 0 Å². The number of carbonyl (C=O) groups excluding carboxylic acids is 2. The van der Waals surface area contributed by atoms with Crippen LogP contribution in [0.3, 0.4) is 0 Å². The van der Waals surface area contributed by atoms with Crippen LogP contribution in [0.5, 0.6) is 5.75 Å². The molecule has 3 amide bonds. The number of nitrogens with one attached hydrogen (secondary N) is 2. The number of likely N-dealkylation sites (N-methyl/N-ethyl adjacent to an activating group) is 1. The smallest absolute Gasteiger partial charge is 0.319 e. The largest absolute Gasteiger partial charge is 0.491 e. The molecule has 2 N–H and O–H groups in total. The molecule has 0 spiro atoms. The first kappa shape index (κ1) is 31.0. The average molecular weight is 574 g/mol. The molecule has 0 saturated carbocycles. The van der Waals surface area contributed by atoms with E-state index < -0.39 is 0 Å². The van der Waals surface area contributed by atoms with Gasteiger partial charge in [0.05, 0.1) is 17.4 Å². The maximum atomic E-state index is 13.6. The Bertz CT molecular complexity index is 1320. The van der Waals surface area contributed by atoms with E-state index in [0.717, 1.165) is 30.8 Å². The Morgan fingerprint density at radius 2 is 1.88 bits per heavy atom. The van der Waals surface area contributed by atoms with E-state index in [-0.39, 0.29) is 30.0 Å². The number of methoxy groups -OCH3 is 1. The summed E-state index contributed by atoms with van der Waals surface area (Å²) in [6.07, 6.45) is 2.48. The van der Waals surface area contributed by atoms with E-state index in [9.17, 15) is 9.59 Å². The summed E-state index contributed by atoms with van der Waals surface area (Å²) in [4.78, 5) is 34.4. The van der Waals surface area contributed by atoms with Crippen molar-refractivity contribution < 1.29 is 19.1 Å². The molecule has 0 bridgehead atoms. The van der Waals surface area contributed by atoms with Crippen LogP contribution >= 0.6 is 0 Å². The van der Waals surface area contributed by atoms with Gasteiger partial charge in [-0.05, 0) is 55.2 Å². The third-order valence-electron chi connectivity index (χ3n) is 7.67. The fourth-order valence-corrected chi connectivity index (χ4v) is 5.11. The third-order valence-corrected chi connectivity index (χ3v) is 7.67. The lowest BCUT2D eigenvalue weighted by Crippen LogP contribution is -2.46. The first-order valence-electron chi connectivity index (χ1n) is 14.6. The number of hydrogen-bond donors (Lipinski definition) is 2. The number of amides is 3. The van der Waals surface area contributed by atoms with Gasteiger partial charge in [0, 0.05) is 63.8 Å². The number of rotatable bonds is 7. The van der Waals surface area contributed by atoms with Crippen molar-refractivity contribution in [1.82, 2.24) is 20.1 Å². The van der Waals surface area contributed by atoms with Gasteiger partial charge >= 0.3 is 6.03 Å². The zero-order valence-electron chi connectivity index (χ0n) is 25.3. The number of carbonyl (C=O) groups is 2. The first-order valence-corrected chi connectivity index (χ1v) is 14.6. The van der Waals surface area contributed by atoms with E-state index in [1.807, 2.05) is 25.1 Å². The van der Waals surface area contributed by atoms with Crippen molar-refractivity contribution in [1.29, 1.82) is 0 Å². The van der Waals surface area contributed by atoms with Crippen LogP contribution in [0.4, 0.5) is 10.5 Å². The predicted molar refractivity (Wildman–Crippen MR) is 166 cm³/mol. The summed E-state index contributed by atoms with van der Waals surface area (Å²) in [7, 11) is 3.47. The van der Waals surface area contributed by atoms with E-state index in [0.29, 0.717) is 36.7 Å². The average Bonchev–Trinajstić information content (AvgIpc) is 3.01. The Morgan fingerprint density at radius 3 is 2.57 bits per heavy atom. The van der Waals surface area contributed by atoms with E-state index in [1.54, 1.807) is 43.5 Å². The molecule has 0 radical (unpaired) electrons. The molecule has 0 aliphatic carbocycles. The molecule has 1 aromatic heterocycles. The maximum Gasteiger partial charge on any atom is 0.319 e. The molecule has 9 heteroatoms. The van der Waals surface area contributed by atoms with Crippen LogP contribution in [-0.2, 0) is 11.3 Å². The molecule has 42 heavy (non-hydrogen) atoms. The van der Waals surface area contributed by atoms with Crippen LogP contribution < -0.4 is 15.4 Å². The number of fused-ring (bicyclic) bond motifs is 1. The van der Waals surface area contributed by atoms with Crippen LogP contribution in [0.25, 0.3) is 11.3 Å². The quantitative estimate of drug-likeness (QED) is 0.399. The third kappa shape index (κ3) is 8.08. The summed E-state index contributed by atoms with van der Waals surface area (Å²) >= 11 is 0. The van der Waals surface area contributed by atoms with Crippen LogP contribution in [0.1, 0.15) is 43.1 Å². The predicted octanol–water partition coefficient (Wildman–Crippen LogP) is 5.29. The Balaban J connectivity index is 1.57. The zero-order valence-corrected chi connectivity index (χ0v) is 25.3. The monoisotopic (exact) mass is 573 g/mol. The summed E-state index contributed by atoms with van der Waals surface area (Å²) in [5.74, 6) is 0.449. The highest BCUT2D eigenvalue weighted by Crippen LogP contribution is 2.27. The Morgan fingerprint density at radius 1 is 1.10 bits per heavy atom. The zero-order chi connectivity index (χ0) is 30.1. The molecule has 1 aliphatic heterocycles. The maximum absolute atomic E-state index is 13.6. The number of ether oxygens (including phenoxy) is 2. The van der Waals surface area contributed by atoms with Gasteiger partial charge in [0.25, 0.3) is 5.91 Å². The lowest BCUT2D eigenvalue weighted by atomic mass is 10.0. The van der Waals surface area contributed by atoms with Gasteiger partial charge in [-0.1, -0.05) is 44.2 Å². The molecule has 3 atom stereocenters. The van der Waals surface area contributed by atoms with Crippen molar-refractivity contribution >= 4 is 17.6 Å². The van der Waals surface area contributed by atoms with Crippen molar-refractivity contribution in [3.63, 3.8) is 0 Å². The highest BCUT2D eigenvalue weighted by atomic mass is 16.5. The van der Waals surface area contributed by atoms with E-state index in [4.69, 9.17) is 9.47 Å². The van der Waals surface area contributed by atoms with Crippen molar-refractivity contribution in [3.8, 4) is 17.0 Å². The number of nitrogens with zero attached hydrogens (tertiary/aromatic N) is 3. The molecular weight excluding hydrogens is 530 g/mol. The second-order valence-electron chi connectivity index (χ2n) is 11.0. The van der Waals surface area contributed by atoms with Crippen LogP contribution in [0.2, 0.25) is 0 Å². The highest BCUT2D eigenvalue weighted by Gasteiger charge is 2.28. The number of urea groups is 1. The van der Waals surface area contributed by atoms with Gasteiger partial charge in [-0.25, -0.2) is 4.79 Å². The summed E-state index contributed by atoms with van der Waals surface area (Å²) in [6.45, 7) is 9.19. The minimum Gasteiger partial charge on any atom is -0.491 e. The van der Waals surface area contributed by atoms with Gasteiger partial charge in [-0.3, -0.25) is 14.7 Å². The van der Waals surface area contributed by atoms with Crippen LogP contribution in [0.15, 0.2) is 66.9 Å². The molecule has 2 aromatic carbocycles. The van der Waals surface area contributed by atoms with Gasteiger partial charge in [-0.2, -0.15) is 0 Å². The number of anilines is 1. The topological polar surface area (TPSA) is 96.0 Å². The van der Waals surface area contributed by atoms with Crippen molar-refractivity contribution in [3.05, 3.63) is 78.0 Å². The molecule has 3 aromatic rings. The second-order valence-corrected chi connectivity index (χ2v) is 11.0. The molecule has 4 rings (SSSR count). The first-order chi connectivity index (χ1) is 20.3. The van der Waals surface area contributed by atoms with Crippen molar-refractivity contribution in [2.75, 3.05) is 45.7 Å². The minimum atomic E-state index is -0.308. The molecule has 0 saturated heterocycles. The summed E-state index contributed by atoms with van der Waals surface area (Å²) in [5.41, 5.74) is 4.15. The minimum absolute atomic E-state index is 0.0538. The van der Waals surface area contributed by atoms with Gasteiger partial charge in [0.1, 0.15) is 12.4 Å². The van der Waals surface area contributed by atoms with E-state index in [1.165, 1.54) is 5.56 Å². The van der Waals surface area contributed by atoms with Crippen molar-refractivity contribution in [2.24, 2.45) is 5.92 Å². The van der Waals surface area contributed by atoms with Crippen LogP contribution in [-0.4, -0.2) is 79.3 Å². The van der Waals surface area contributed by atoms with Crippen LogP contribution in [0, 0.1) is 5.92 Å². The molecular formula is C33H43N5O4. The second kappa shape index (κ2) is 14.8. The van der Waals surface area contributed by atoms with Gasteiger partial charge in [0.15, 0.2) is 0 Å². The summed E-state index contributed by atoms with van der Waals surface area (Å²) < 4.78 is 12.2. The molecule has 2 heterocycles. The summed E-state index contributed by atoms with van der Waals surface area (Å²) in [5, 5.41) is 5.61. The lowest BCUT2D eigenvalue weighted by molar-refractivity contribution is 0.00922. The van der Waals surface area contributed by atoms with Gasteiger partial charge in [-0.15, -0.1) is 0 Å². The number of benzene rings is 2. The molecule has 0 unspecified atom stereocenters. The normalized spacial score (nSPS) is 20.1. The lowest BCUT2D eigenvalue weighted by Gasteiger charge is -2.36. The van der Waals surface area contributed by atoms with Gasteiger partial charge < -0.3 is 25.0 Å². The standard InChI is InChI=1S/C33H43N5O4/c1-6-16-35-33(40)36-27-14-15-30-28(18-27)32(39)37(4)21-31(41-5)23(2)19-38(24(3)22-42-30)20-25-10-12-26(13-11-25)29-9-7-8-17-34-29/h7-15,17-18,23-24,31H,6,16,19-22H2,1-5H3,(H2,35,36,40)/t23-,24-,31-/m1/s1. The number of hydrogen-bond acceptors (Lipinski definition) is 6. The molecule has 9 nitrogen and oxygen atoms in total. The Kier molecular flexibility index (Phi) is 10.9. The number of pyridine rings is 1. The fourth-order valence-electron chi connectivity index (χ4n) is 5.11. The molecule has 0 fully saturated rings. The Labute approximate surface area is 249 Å². The SMILES string of the molecule is CCCNC(=O)Nc1ccc2c(c1)C(=O)N(C)C[C@@H](OC)[C@H](C)CN(Cc1ccc(-c3ccccn3)cc1)[C@H](C)CO2. The van der Waals surface area contributed by atoms with E-state index in [2.05, 4.69) is 58.6 Å². The number of aromatic nitrogens is 1. The fraction of sp³-hybridized carbons (Fsp3) is 0.424. The highest BCUT2D eigenvalue weighted by molar-refractivity contribution is 5.99. The van der Waals surface area contributed by atoms with E-state index >= 15 is 0 Å². The van der Waals surface area contributed by atoms with Crippen molar-refractivity contribution in [2.45, 2.75) is 45.9 Å². The Hall–Kier alpha value is -3.95. The summed E-state index contributed by atoms with van der Waals surface area (Å²) in [6, 6.07) is 19.4. The molecule has 224 valence electrons.